The first-order valence-corrected chi connectivity index (χ1v) is 4.36. The summed E-state index contributed by atoms with van der Waals surface area (Å²) in [7, 11) is 0. The van der Waals surface area contributed by atoms with Crippen LogP contribution in [0.3, 0.4) is 0 Å². The van der Waals surface area contributed by atoms with Crippen molar-refractivity contribution in [1.82, 2.24) is 0 Å². The van der Waals surface area contributed by atoms with Crippen LogP contribution in [0.15, 0.2) is 22.7 Å². The molecule has 1 aromatic rings. The van der Waals surface area contributed by atoms with Crippen LogP contribution in [0.2, 0.25) is 0 Å². The zero-order valence-corrected chi connectivity index (χ0v) is 8.23. The first kappa shape index (κ1) is 9.50. The van der Waals surface area contributed by atoms with Gasteiger partial charge in [-0.2, -0.15) is 5.26 Å². The molecule has 62 valence electrons. The second-order valence-electron chi connectivity index (χ2n) is 2.16. The van der Waals surface area contributed by atoms with Crippen LogP contribution >= 0.6 is 27.5 Å². The molecule has 0 aliphatic carbocycles. The van der Waals surface area contributed by atoms with Gasteiger partial charge >= 0.3 is 0 Å². The molecule has 0 unspecified atom stereocenters. The Morgan fingerprint density at radius 3 is 2.83 bits per heavy atom. The molecular formula is C8H4BrClFN. The minimum Gasteiger partial charge on any atom is -0.207 e. The minimum absolute atomic E-state index is 0.202. The first-order valence-electron chi connectivity index (χ1n) is 3.14. The van der Waals surface area contributed by atoms with Crippen molar-refractivity contribution >= 4 is 27.5 Å². The molecule has 1 aromatic carbocycles. The lowest BCUT2D eigenvalue weighted by molar-refractivity contribution is 0.613. The highest BCUT2D eigenvalue weighted by Crippen LogP contribution is 2.25. The van der Waals surface area contributed by atoms with Crippen LogP contribution in [-0.2, 0) is 0 Å². The van der Waals surface area contributed by atoms with Crippen molar-refractivity contribution in [1.29, 1.82) is 5.26 Å². The smallest absolute Gasteiger partial charge is 0.148 e. The Bertz CT molecular complexity index is 334. The Kier molecular flexibility index (Phi) is 3.07. The summed E-state index contributed by atoms with van der Waals surface area (Å²) in [6, 6.07) is 6.08. The first-order chi connectivity index (χ1) is 5.65. The summed E-state index contributed by atoms with van der Waals surface area (Å²) in [5.74, 6) is -0.459. The maximum absolute atomic E-state index is 13.0. The van der Waals surface area contributed by atoms with Gasteiger partial charge in [0.15, 0.2) is 0 Å². The van der Waals surface area contributed by atoms with Gasteiger partial charge in [0.25, 0.3) is 0 Å². The van der Waals surface area contributed by atoms with Gasteiger partial charge in [0.2, 0.25) is 0 Å². The molecule has 1 nitrogen and oxygen atoms in total. The number of nitriles is 1. The van der Waals surface area contributed by atoms with Gasteiger partial charge in [-0.1, -0.05) is 15.9 Å². The maximum atomic E-state index is 13.0. The van der Waals surface area contributed by atoms with Crippen molar-refractivity contribution in [2.45, 2.75) is 5.38 Å². The SMILES string of the molecule is N#C[C@@H](Cl)c1cc(Br)ccc1F. The topological polar surface area (TPSA) is 23.8 Å². The number of nitrogens with zero attached hydrogens (tertiary/aromatic N) is 1. The van der Waals surface area contributed by atoms with E-state index in [1.165, 1.54) is 12.1 Å². The third-order valence-corrected chi connectivity index (χ3v) is 2.17. The molecule has 0 spiro atoms. The van der Waals surface area contributed by atoms with E-state index in [9.17, 15) is 4.39 Å². The third kappa shape index (κ3) is 1.96. The number of alkyl halides is 1. The molecule has 0 saturated heterocycles. The zero-order chi connectivity index (χ0) is 9.14. The van der Waals surface area contributed by atoms with Crippen molar-refractivity contribution in [3.8, 4) is 6.07 Å². The molecule has 0 bridgehead atoms. The summed E-state index contributed by atoms with van der Waals surface area (Å²) in [6.45, 7) is 0. The van der Waals surface area contributed by atoms with E-state index in [2.05, 4.69) is 15.9 Å². The van der Waals surface area contributed by atoms with Gasteiger partial charge in [-0.25, -0.2) is 4.39 Å². The molecule has 0 fully saturated rings. The average Bonchev–Trinajstić information content (AvgIpc) is 2.08. The molecule has 0 heterocycles. The highest BCUT2D eigenvalue weighted by Gasteiger charge is 2.11. The predicted octanol–water partition coefficient (Wildman–Crippen LogP) is 3.39. The summed E-state index contributed by atoms with van der Waals surface area (Å²) in [4.78, 5) is 0. The number of hydrogen-bond donors (Lipinski definition) is 0. The molecule has 12 heavy (non-hydrogen) atoms. The fourth-order valence-corrected chi connectivity index (χ4v) is 1.32. The van der Waals surface area contributed by atoms with Crippen molar-refractivity contribution in [3.63, 3.8) is 0 Å². The van der Waals surface area contributed by atoms with E-state index < -0.39 is 11.2 Å². The number of rotatable bonds is 1. The zero-order valence-electron chi connectivity index (χ0n) is 5.89. The summed E-state index contributed by atoms with van der Waals surface area (Å²) in [5.41, 5.74) is 0.202. The third-order valence-electron chi connectivity index (χ3n) is 1.34. The monoisotopic (exact) mass is 247 g/mol. The van der Waals surface area contributed by atoms with Gasteiger partial charge in [0, 0.05) is 10.0 Å². The van der Waals surface area contributed by atoms with Crippen molar-refractivity contribution < 1.29 is 4.39 Å². The van der Waals surface area contributed by atoms with Crippen LogP contribution in [0, 0.1) is 17.1 Å². The molecule has 1 rings (SSSR count). The highest BCUT2D eigenvalue weighted by molar-refractivity contribution is 9.10. The van der Waals surface area contributed by atoms with Crippen LogP contribution in [0.25, 0.3) is 0 Å². The van der Waals surface area contributed by atoms with Crippen LogP contribution in [-0.4, -0.2) is 0 Å². The Hall–Kier alpha value is -0.590. The number of hydrogen-bond acceptors (Lipinski definition) is 1. The Balaban J connectivity index is 3.15. The summed E-state index contributed by atoms with van der Waals surface area (Å²) in [5, 5.41) is 7.51. The molecule has 0 aliphatic rings. The molecule has 0 aliphatic heterocycles. The Morgan fingerprint density at radius 2 is 2.25 bits per heavy atom. The van der Waals surface area contributed by atoms with Crippen LogP contribution in [0.1, 0.15) is 10.9 Å². The van der Waals surface area contributed by atoms with Gasteiger partial charge < -0.3 is 0 Å². The van der Waals surface area contributed by atoms with E-state index in [4.69, 9.17) is 16.9 Å². The van der Waals surface area contributed by atoms with Crippen LogP contribution in [0.4, 0.5) is 4.39 Å². The van der Waals surface area contributed by atoms with Gasteiger partial charge in [-0.3, -0.25) is 0 Å². The molecule has 4 heteroatoms. The van der Waals surface area contributed by atoms with Crippen molar-refractivity contribution in [2.75, 3.05) is 0 Å². The summed E-state index contributed by atoms with van der Waals surface area (Å²) >= 11 is 8.71. The lowest BCUT2D eigenvalue weighted by Crippen LogP contribution is -1.91. The van der Waals surface area contributed by atoms with Crippen LogP contribution < -0.4 is 0 Å². The van der Waals surface area contributed by atoms with Gasteiger partial charge in [0.05, 0.1) is 6.07 Å². The molecule has 0 saturated carbocycles. The van der Waals surface area contributed by atoms with E-state index in [0.717, 1.165) is 0 Å². The van der Waals surface area contributed by atoms with Gasteiger partial charge in [-0.15, -0.1) is 11.6 Å². The van der Waals surface area contributed by atoms with E-state index in [-0.39, 0.29) is 5.56 Å². The Labute approximate surface area is 82.9 Å². The van der Waals surface area contributed by atoms with E-state index in [0.29, 0.717) is 4.47 Å². The van der Waals surface area contributed by atoms with E-state index in [1.54, 1.807) is 12.1 Å². The molecule has 0 radical (unpaired) electrons. The molecular weight excluding hydrogens is 244 g/mol. The number of halogens is 3. The quantitative estimate of drug-likeness (QED) is 0.699. The fraction of sp³-hybridized carbons (Fsp3) is 0.125. The second kappa shape index (κ2) is 3.88. The van der Waals surface area contributed by atoms with Crippen LogP contribution in [0.5, 0.6) is 0 Å². The van der Waals surface area contributed by atoms with E-state index in [1.807, 2.05) is 0 Å². The lowest BCUT2D eigenvalue weighted by Gasteiger charge is -2.02. The van der Waals surface area contributed by atoms with Crippen molar-refractivity contribution in [3.05, 3.63) is 34.1 Å². The minimum atomic E-state index is -0.928. The normalized spacial score (nSPS) is 12.2. The second-order valence-corrected chi connectivity index (χ2v) is 3.51. The standard InChI is InChI=1S/C8H4BrClFN/c9-5-1-2-8(11)6(3-5)7(10)4-12/h1-3,7H/t7-/m1/s1. The van der Waals surface area contributed by atoms with E-state index >= 15 is 0 Å². The van der Waals surface area contributed by atoms with Gasteiger partial charge in [0.1, 0.15) is 11.2 Å². The van der Waals surface area contributed by atoms with Gasteiger partial charge in [-0.05, 0) is 18.2 Å². The predicted molar refractivity (Wildman–Crippen MR) is 48.3 cm³/mol. The molecule has 1 atom stereocenters. The lowest BCUT2D eigenvalue weighted by atomic mass is 10.1. The summed E-state index contributed by atoms with van der Waals surface area (Å²) < 4.78 is 13.7. The van der Waals surface area contributed by atoms with Crippen molar-refractivity contribution in [2.24, 2.45) is 0 Å². The fourth-order valence-electron chi connectivity index (χ4n) is 0.778. The largest absolute Gasteiger partial charge is 0.207 e. The Morgan fingerprint density at radius 1 is 1.58 bits per heavy atom. The number of benzene rings is 1. The maximum Gasteiger partial charge on any atom is 0.148 e. The highest BCUT2D eigenvalue weighted by atomic mass is 79.9. The molecule has 0 amide bonds. The molecule has 0 N–H and O–H groups in total. The average molecular weight is 248 g/mol. The summed E-state index contributed by atoms with van der Waals surface area (Å²) in [6.07, 6.45) is 0. The molecule has 0 aromatic heterocycles.